The number of hydrogen-bond acceptors (Lipinski definition) is 4. The van der Waals surface area contributed by atoms with Gasteiger partial charge in [0, 0.05) is 18.2 Å². The number of benzene rings is 1. The van der Waals surface area contributed by atoms with Crippen molar-refractivity contribution < 1.29 is 19.2 Å². The monoisotopic (exact) mass is 390 g/mol. The minimum Gasteiger partial charge on any atom is -0.323 e. The Bertz CT molecular complexity index is 752. The van der Waals surface area contributed by atoms with Gasteiger partial charge in [-0.1, -0.05) is 18.7 Å². The summed E-state index contributed by atoms with van der Waals surface area (Å²) in [5.74, 6) is -1.64. The van der Waals surface area contributed by atoms with Crippen LogP contribution < -0.4 is 5.32 Å². The molecule has 1 heterocycles. The fourth-order valence-corrected chi connectivity index (χ4v) is 2.69. The van der Waals surface area contributed by atoms with Gasteiger partial charge in [-0.3, -0.25) is 24.1 Å². The molecule has 6 nitrogen and oxygen atoms in total. The number of Topliss-reactive ketones (excluding diaryl/α,β-unsaturated/α-hetero) is 1. The van der Waals surface area contributed by atoms with E-state index in [1.165, 1.54) is 6.92 Å². The fraction of sp³-hybridized carbons (Fsp3) is 0.176. The average Bonchev–Trinajstić information content (AvgIpc) is 2.79. The average molecular weight is 391 g/mol. The zero-order chi connectivity index (χ0) is 17.9. The Morgan fingerprint density at radius 1 is 1.29 bits per heavy atom. The van der Waals surface area contributed by atoms with Gasteiger partial charge in [0.05, 0.1) is 4.48 Å². The highest BCUT2D eigenvalue weighted by Crippen LogP contribution is 2.23. The Balaban J connectivity index is 2.16. The van der Waals surface area contributed by atoms with Crippen LogP contribution in [0.5, 0.6) is 0 Å². The van der Waals surface area contributed by atoms with Gasteiger partial charge in [-0.15, -0.1) is 0 Å². The molecule has 1 aromatic rings. The van der Waals surface area contributed by atoms with Crippen LogP contribution in [0, 0.1) is 0 Å². The number of halogens is 1. The standard InChI is InChI=1S/C17H15BrN2O4/c1-3-15(22)19-12-6-4-11(5-7-12)8-14(10(2)21)20-16(23)9-13(18)17(20)24/h3-7,9,14H,1,8H2,2H3,(H,19,22)/t14-/m0/s1. The van der Waals surface area contributed by atoms with Gasteiger partial charge >= 0.3 is 0 Å². The zero-order valence-electron chi connectivity index (χ0n) is 12.9. The molecule has 1 aliphatic rings. The van der Waals surface area contributed by atoms with Crippen LogP contribution in [-0.4, -0.2) is 34.4 Å². The number of nitrogens with zero attached hydrogens (tertiary/aromatic N) is 1. The molecule has 1 aromatic carbocycles. The summed E-state index contributed by atoms with van der Waals surface area (Å²) < 4.78 is 0.140. The van der Waals surface area contributed by atoms with Gasteiger partial charge in [-0.25, -0.2) is 0 Å². The van der Waals surface area contributed by atoms with Gasteiger partial charge in [0.1, 0.15) is 6.04 Å². The second-order valence-electron chi connectivity index (χ2n) is 5.23. The molecule has 0 spiro atoms. The molecule has 0 aliphatic carbocycles. The van der Waals surface area contributed by atoms with Crippen molar-refractivity contribution in [3.63, 3.8) is 0 Å². The molecular formula is C17H15BrN2O4. The summed E-state index contributed by atoms with van der Waals surface area (Å²) in [5.41, 5.74) is 1.34. The topological polar surface area (TPSA) is 83.6 Å². The molecule has 0 unspecified atom stereocenters. The van der Waals surface area contributed by atoms with Gasteiger partial charge in [0.25, 0.3) is 11.8 Å². The first-order valence-corrected chi connectivity index (χ1v) is 7.90. The third-order valence-electron chi connectivity index (χ3n) is 3.53. The number of amides is 3. The normalized spacial score (nSPS) is 15.1. The van der Waals surface area contributed by atoms with Crippen molar-refractivity contribution in [3.05, 3.63) is 53.0 Å². The third-order valence-corrected chi connectivity index (χ3v) is 4.10. The maximum Gasteiger partial charge on any atom is 0.268 e. The quantitative estimate of drug-likeness (QED) is 0.594. The summed E-state index contributed by atoms with van der Waals surface area (Å²) in [4.78, 5) is 48.1. The van der Waals surface area contributed by atoms with E-state index >= 15 is 0 Å². The lowest BCUT2D eigenvalue weighted by atomic mass is 10.0. The smallest absolute Gasteiger partial charge is 0.268 e. The highest BCUT2D eigenvalue weighted by atomic mass is 79.9. The predicted molar refractivity (Wildman–Crippen MR) is 92.3 cm³/mol. The molecule has 2 rings (SSSR count). The third kappa shape index (κ3) is 3.86. The molecule has 1 N–H and O–H groups in total. The largest absolute Gasteiger partial charge is 0.323 e. The number of ketones is 1. The summed E-state index contributed by atoms with van der Waals surface area (Å²) in [6.07, 6.45) is 2.53. The Morgan fingerprint density at radius 3 is 2.38 bits per heavy atom. The Morgan fingerprint density at radius 2 is 1.92 bits per heavy atom. The maximum atomic E-state index is 12.0. The van der Waals surface area contributed by atoms with E-state index in [4.69, 9.17) is 0 Å². The van der Waals surface area contributed by atoms with Gasteiger partial charge in [-0.05, 0) is 46.6 Å². The fourth-order valence-electron chi connectivity index (χ4n) is 2.31. The lowest BCUT2D eigenvalue weighted by Crippen LogP contribution is -2.45. The van der Waals surface area contributed by atoms with E-state index < -0.39 is 17.9 Å². The van der Waals surface area contributed by atoms with Crippen LogP contribution in [-0.2, 0) is 25.6 Å². The second-order valence-corrected chi connectivity index (χ2v) is 6.08. The van der Waals surface area contributed by atoms with Crippen molar-refractivity contribution in [1.29, 1.82) is 0 Å². The summed E-state index contributed by atoms with van der Waals surface area (Å²) >= 11 is 3.02. The van der Waals surface area contributed by atoms with E-state index in [2.05, 4.69) is 27.8 Å². The van der Waals surface area contributed by atoms with Crippen molar-refractivity contribution in [2.24, 2.45) is 0 Å². The van der Waals surface area contributed by atoms with Crippen LogP contribution >= 0.6 is 15.9 Å². The predicted octanol–water partition coefficient (Wildman–Crippen LogP) is 1.96. The van der Waals surface area contributed by atoms with E-state index in [-0.39, 0.29) is 22.6 Å². The molecule has 124 valence electrons. The Labute approximate surface area is 147 Å². The van der Waals surface area contributed by atoms with Crippen molar-refractivity contribution >= 4 is 45.1 Å². The van der Waals surface area contributed by atoms with Gasteiger partial charge in [-0.2, -0.15) is 0 Å². The molecule has 0 fully saturated rings. The van der Waals surface area contributed by atoms with E-state index in [9.17, 15) is 19.2 Å². The van der Waals surface area contributed by atoms with Crippen LogP contribution in [0.2, 0.25) is 0 Å². The minimum absolute atomic E-state index is 0.140. The first kappa shape index (κ1) is 17.8. The summed E-state index contributed by atoms with van der Waals surface area (Å²) in [6.45, 7) is 4.71. The number of carbonyl (C=O) groups is 4. The minimum atomic E-state index is -0.870. The summed E-state index contributed by atoms with van der Waals surface area (Å²) in [5, 5.41) is 2.61. The maximum absolute atomic E-state index is 12.0. The summed E-state index contributed by atoms with van der Waals surface area (Å²) in [6, 6.07) is 5.93. The van der Waals surface area contributed by atoms with Crippen LogP contribution in [0.4, 0.5) is 5.69 Å². The number of imide groups is 1. The Hall–Kier alpha value is -2.54. The molecule has 0 radical (unpaired) electrons. The molecule has 24 heavy (non-hydrogen) atoms. The van der Waals surface area contributed by atoms with Gasteiger partial charge < -0.3 is 5.32 Å². The SMILES string of the molecule is C=CC(=O)Nc1ccc(C[C@@H](C(C)=O)N2C(=O)C=C(Br)C2=O)cc1. The second kappa shape index (κ2) is 7.35. The van der Waals surface area contributed by atoms with E-state index in [0.29, 0.717) is 5.69 Å². The highest BCUT2D eigenvalue weighted by molar-refractivity contribution is 9.12. The van der Waals surface area contributed by atoms with Gasteiger partial charge in [0.2, 0.25) is 5.91 Å². The molecule has 0 saturated heterocycles. The first-order valence-electron chi connectivity index (χ1n) is 7.11. The first-order chi connectivity index (χ1) is 11.3. The highest BCUT2D eigenvalue weighted by Gasteiger charge is 2.37. The van der Waals surface area contributed by atoms with Crippen LogP contribution in [0.1, 0.15) is 12.5 Å². The lowest BCUT2D eigenvalue weighted by molar-refractivity contribution is -0.144. The molecule has 0 aromatic heterocycles. The molecule has 0 saturated carbocycles. The lowest BCUT2D eigenvalue weighted by Gasteiger charge is -2.24. The van der Waals surface area contributed by atoms with Crippen molar-refractivity contribution in [2.75, 3.05) is 5.32 Å². The van der Waals surface area contributed by atoms with E-state index in [0.717, 1.165) is 22.6 Å². The van der Waals surface area contributed by atoms with Crippen molar-refractivity contribution in [3.8, 4) is 0 Å². The number of rotatable bonds is 6. The van der Waals surface area contributed by atoms with E-state index in [1.807, 2.05) is 0 Å². The molecule has 0 bridgehead atoms. The number of nitrogens with one attached hydrogen (secondary N) is 1. The van der Waals surface area contributed by atoms with Crippen molar-refractivity contribution in [1.82, 2.24) is 4.90 Å². The van der Waals surface area contributed by atoms with Gasteiger partial charge in [0.15, 0.2) is 5.78 Å². The molecule has 3 amide bonds. The Kier molecular flexibility index (Phi) is 5.46. The number of hydrogen-bond donors (Lipinski definition) is 1. The molecule has 1 atom stereocenters. The summed E-state index contributed by atoms with van der Waals surface area (Å²) in [7, 11) is 0. The van der Waals surface area contributed by atoms with E-state index in [1.54, 1.807) is 24.3 Å². The van der Waals surface area contributed by atoms with Crippen LogP contribution in [0.15, 0.2) is 47.5 Å². The van der Waals surface area contributed by atoms with Crippen LogP contribution in [0.25, 0.3) is 0 Å². The number of carbonyl (C=O) groups excluding carboxylic acids is 4. The van der Waals surface area contributed by atoms with Crippen LogP contribution in [0.3, 0.4) is 0 Å². The van der Waals surface area contributed by atoms with Crippen molar-refractivity contribution in [2.45, 2.75) is 19.4 Å². The zero-order valence-corrected chi connectivity index (χ0v) is 14.5. The molecule has 1 aliphatic heterocycles. The number of anilines is 1. The molecule has 7 heteroatoms. The molecular weight excluding hydrogens is 376 g/mol.